The van der Waals surface area contributed by atoms with Crippen molar-refractivity contribution < 1.29 is 24.2 Å². The van der Waals surface area contributed by atoms with E-state index in [2.05, 4.69) is 0 Å². The smallest absolute Gasteiger partial charge is 0.341 e. The number of anilines is 1. The Labute approximate surface area is 102 Å². The molecule has 1 N–H and O–H groups in total. The summed E-state index contributed by atoms with van der Waals surface area (Å²) in [5, 5.41) is 8.44. The monoisotopic (exact) mass is 247 g/mol. The first-order valence-electron chi connectivity index (χ1n) is 5.09. The van der Waals surface area contributed by atoms with E-state index in [1.807, 2.05) is 0 Å². The molecule has 0 atom stereocenters. The van der Waals surface area contributed by atoms with Crippen molar-refractivity contribution >= 4 is 23.5 Å². The third-order valence-electron chi connectivity index (χ3n) is 2.27. The fraction of sp³-hybridized carbons (Fsp3) is 0.0833. The number of aliphatic carboxylic acids is 1. The quantitative estimate of drug-likeness (QED) is 0.787. The van der Waals surface area contributed by atoms with Crippen molar-refractivity contribution in [2.75, 3.05) is 11.5 Å². The lowest BCUT2D eigenvalue weighted by molar-refractivity contribution is -0.139. The molecule has 1 aliphatic heterocycles. The molecule has 0 aliphatic carbocycles. The minimum atomic E-state index is -1.08. The first-order chi connectivity index (χ1) is 8.58. The molecular formula is C12H9NO5. The van der Waals surface area contributed by atoms with E-state index in [0.29, 0.717) is 11.4 Å². The molecule has 0 saturated heterocycles. The van der Waals surface area contributed by atoms with Crippen molar-refractivity contribution in [1.82, 2.24) is 0 Å². The highest BCUT2D eigenvalue weighted by Crippen LogP contribution is 2.22. The number of ether oxygens (including phenoxy) is 1. The van der Waals surface area contributed by atoms with Crippen molar-refractivity contribution in [1.29, 1.82) is 0 Å². The van der Waals surface area contributed by atoms with Crippen LogP contribution in [0.5, 0.6) is 5.75 Å². The van der Waals surface area contributed by atoms with Gasteiger partial charge >= 0.3 is 5.97 Å². The van der Waals surface area contributed by atoms with Gasteiger partial charge in [-0.15, -0.1) is 0 Å². The molecule has 0 unspecified atom stereocenters. The third kappa shape index (κ3) is 2.37. The molecule has 2 amide bonds. The van der Waals surface area contributed by atoms with Gasteiger partial charge in [-0.25, -0.2) is 9.69 Å². The lowest BCUT2D eigenvalue weighted by Gasteiger charge is -2.14. The Morgan fingerprint density at radius 1 is 1.11 bits per heavy atom. The van der Waals surface area contributed by atoms with Crippen molar-refractivity contribution in [3.63, 3.8) is 0 Å². The van der Waals surface area contributed by atoms with Gasteiger partial charge in [-0.3, -0.25) is 9.59 Å². The minimum absolute atomic E-state index is 0.355. The number of carbonyl (C=O) groups is 3. The van der Waals surface area contributed by atoms with Crippen LogP contribution in [0.1, 0.15) is 0 Å². The van der Waals surface area contributed by atoms with E-state index >= 15 is 0 Å². The molecule has 18 heavy (non-hydrogen) atoms. The summed E-state index contributed by atoms with van der Waals surface area (Å²) in [5.41, 5.74) is 0.415. The number of carboxylic acids is 1. The van der Waals surface area contributed by atoms with Crippen LogP contribution in [0.25, 0.3) is 0 Å². The number of hydrogen-bond donors (Lipinski definition) is 1. The Morgan fingerprint density at radius 2 is 1.67 bits per heavy atom. The number of hydrogen-bond acceptors (Lipinski definition) is 4. The van der Waals surface area contributed by atoms with Gasteiger partial charge in [0.05, 0.1) is 5.69 Å². The maximum atomic E-state index is 11.4. The average molecular weight is 247 g/mol. The van der Waals surface area contributed by atoms with E-state index < -0.39 is 24.4 Å². The molecule has 0 bridgehead atoms. The van der Waals surface area contributed by atoms with Crippen LogP contribution < -0.4 is 9.64 Å². The SMILES string of the molecule is O=C(O)COc1ccc(N2C(=O)C=CC2=O)cc1. The highest BCUT2D eigenvalue weighted by atomic mass is 16.5. The zero-order valence-electron chi connectivity index (χ0n) is 9.20. The molecule has 6 heteroatoms. The lowest BCUT2D eigenvalue weighted by Crippen LogP contribution is -2.29. The molecule has 0 spiro atoms. The second-order valence-electron chi connectivity index (χ2n) is 3.52. The summed E-state index contributed by atoms with van der Waals surface area (Å²) in [7, 11) is 0. The van der Waals surface area contributed by atoms with Crippen molar-refractivity contribution in [3.05, 3.63) is 36.4 Å². The van der Waals surface area contributed by atoms with Crippen molar-refractivity contribution in [3.8, 4) is 5.75 Å². The maximum absolute atomic E-state index is 11.4. The Balaban J connectivity index is 2.10. The predicted octanol–water partition coefficient (Wildman–Crippen LogP) is 0.579. The van der Waals surface area contributed by atoms with E-state index in [0.717, 1.165) is 4.90 Å². The number of carbonyl (C=O) groups excluding carboxylic acids is 2. The molecule has 92 valence electrons. The summed E-state index contributed by atoms with van der Waals surface area (Å²) < 4.78 is 4.94. The molecule has 1 aromatic carbocycles. The molecule has 1 heterocycles. The van der Waals surface area contributed by atoms with Gasteiger partial charge in [0.25, 0.3) is 11.8 Å². The van der Waals surface area contributed by atoms with Crippen LogP contribution in [0.2, 0.25) is 0 Å². The number of imide groups is 1. The second kappa shape index (κ2) is 4.70. The summed E-state index contributed by atoms with van der Waals surface area (Å²) in [5.74, 6) is -1.53. The highest BCUT2D eigenvalue weighted by molar-refractivity contribution is 6.28. The maximum Gasteiger partial charge on any atom is 0.341 e. The van der Waals surface area contributed by atoms with Crippen molar-refractivity contribution in [2.45, 2.75) is 0 Å². The first kappa shape index (κ1) is 11.8. The van der Waals surface area contributed by atoms with Crippen LogP contribution in [0.15, 0.2) is 36.4 Å². The third-order valence-corrected chi connectivity index (χ3v) is 2.27. The minimum Gasteiger partial charge on any atom is -0.482 e. The Bertz CT molecular complexity index is 514. The molecular weight excluding hydrogens is 238 g/mol. The Kier molecular flexibility index (Phi) is 3.09. The topological polar surface area (TPSA) is 83.9 Å². The number of carboxylic acid groups (broad SMARTS) is 1. The summed E-state index contributed by atoms with van der Waals surface area (Å²) in [4.78, 5) is 34.1. The van der Waals surface area contributed by atoms with Crippen LogP contribution >= 0.6 is 0 Å². The lowest BCUT2D eigenvalue weighted by atomic mass is 10.3. The van der Waals surface area contributed by atoms with E-state index in [1.165, 1.54) is 36.4 Å². The van der Waals surface area contributed by atoms with E-state index in [-0.39, 0.29) is 0 Å². The summed E-state index contributed by atoms with van der Waals surface area (Å²) >= 11 is 0. The highest BCUT2D eigenvalue weighted by Gasteiger charge is 2.24. The van der Waals surface area contributed by atoms with E-state index in [4.69, 9.17) is 9.84 Å². The number of benzene rings is 1. The molecule has 0 aromatic heterocycles. The summed E-state index contributed by atoms with van der Waals surface area (Å²) in [6.07, 6.45) is 2.38. The molecule has 1 aliphatic rings. The molecule has 0 fully saturated rings. The van der Waals surface area contributed by atoms with Gasteiger partial charge < -0.3 is 9.84 Å². The number of rotatable bonds is 4. The van der Waals surface area contributed by atoms with Crippen LogP contribution in [-0.2, 0) is 14.4 Å². The Morgan fingerprint density at radius 3 is 2.17 bits per heavy atom. The Hall–Kier alpha value is -2.63. The van der Waals surface area contributed by atoms with Crippen LogP contribution in [-0.4, -0.2) is 29.5 Å². The van der Waals surface area contributed by atoms with Crippen LogP contribution in [0.3, 0.4) is 0 Å². The first-order valence-corrected chi connectivity index (χ1v) is 5.09. The van der Waals surface area contributed by atoms with Crippen LogP contribution in [0.4, 0.5) is 5.69 Å². The molecule has 0 radical (unpaired) electrons. The second-order valence-corrected chi connectivity index (χ2v) is 3.52. The van der Waals surface area contributed by atoms with E-state index in [1.54, 1.807) is 0 Å². The van der Waals surface area contributed by atoms with Gasteiger partial charge in [0.1, 0.15) is 5.75 Å². The largest absolute Gasteiger partial charge is 0.482 e. The molecule has 2 rings (SSSR count). The molecule has 0 saturated carbocycles. The number of amides is 2. The van der Waals surface area contributed by atoms with Gasteiger partial charge in [-0.1, -0.05) is 0 Å². The van der Waals surface area contributed by atoms with Crippen molar-refractivity contribution in [2.24, 2.45) is 0 Å². The van der Waals surface area contributed by atoms with E-state index in [9.17, 15) is 14.4 Å². The summed E-state index contributed by atoms with van der Waals surface area (Å²) in [6.45, 7) is -0.442. The molecule has 6 nitrogen and oxygen atoms in total. The van der Waals surface area contributed by atoms with Gasteiger partial charge in [0.15, 0.2) is 6.61 Å². The molecule has 1 aromatic rings. The average Bonchev–Trinajstić information content (AvgIpc) is 2.67. The van der Waals surface area contributed by atoms with Gasteiger partial charge in [0.2, 0.25) is 0 Å². The predicted molar refractivity (Wildman–Crippen MR) is 61.2 cm³/mol. The zero-order valence-corrected chi connectivity index (χ0v) is 9.20. The number of nitrogens with zero attached hydrogens (tertiary/aromatic N) is 1. The fourth-order valence-corrected chi connectivity index (χ4v) is 1.49. The van der Waals surface area contributed by atoms with Gasteiger partial charge in [-0.05, 0) is 24.3 Å². The normalized spacial score (nSPS) is 14.1. The van der Waals surface area contributed by atoms with Gasteiger partial charge in [0, 0.05) is 12.2 Å². The standard InChI is InChI=1S/C12H9NO5/c14-10-5-6-11(15)13(10)8-1-3-9(4-2-8)18-7-12(16)17/h1-6H,7H2,(H,16,17). The van der Waals surface area contributed by atoms with Gasteiger partial charge in [-0.2, -0.15) is 0 Å². The summed E-state index contributed by atoms with van der Waals surface area (Å²) in [6, 6.07) is 6.02. The van der Waals surface area contributed by atoms with Crippen LogP contribution in [0, 0.1) is 0 Å². The zero-order chi connectivity index (χ0) is 13.1. The fourth-order valence-electron chi connectivity index (χ4n) is 1.49.